The van der Waals surface area contributed by atoms with Gasteiger partial charge in [0.1, 0.15) is 18.1 Å². The maximum absolute atomic E-state index is 14.2. The molecule has 2 fully saturated rings. The maximum Gasteiger partial charge on any atom is 0.328 e. The summed E-state index contributed by atoms with van der Waals surface area (Å²) in [4.78, 5) is 35.6. The van der Waals surface area contributed by atoms with E-state index >= 15 is 0 Å². The summed E-state index contributed by atoms with van der Waals surface area (Å²) in [5.74, 6) is -0.225. The highest BCUT2D eigenvalue weighted by Gasteiger charge is 2.57. The summed E-state index contributed by atoms with van der Waals surface area (Å²) in [6.07, 6.45) is 2.11. The predicted octanol–water partition coefficient (Wildman–Crippen LogP) is 2.97. The highest BCUT2D eigenvalue weighted by atomic mass is 32.2. The number of benzene rings is 1. The molecule has 2 aromatic rings. The van der Waals surface area contributed by atoms with Crippen LogP contribution in [-0.4, -0.2) is 87.0 Å². The summed E-state index contributed by atoms with van der Waals surface area (Å²) in [5, 5.41) is 23.2. The van der Waals surface area contributed by atoms with E-state index in [0.717, 1.165) is 36.4 Å². The van der Waals surface area contributed by atoms with Gasteiger partial charge in [-0.3, -0.25) is 9.69 Å². The van der Waals surface area contributed by atoms with Crippen molar-refractivity contribution in [3.8, 4) is 5.75 Å². The number of nitrogens with one attached hydrogen (secondary N) is 1. The molecule has 1 aromatic heterocycles. The zero-order valence-corrected chi connectivity index (χ0v) is 23.9. The molecular formula is C28H36N4O7S. The van der Waals surface area contributed by atoms with Crippen LogP contribution in [0.5, 0.6) is 5.75 Å². The van der Waals surface area contributed by atoms with Gasteiger partial charge in [-0.2, -0.15) is 0 Å². The number of nitrogens with zero attached hydrogens (tertiary/aromatic N) is 3. The summed E-state index contributed by atoms with van der Waals surface area (Å²) in [6, 6.07) is 6.93. The molecule has 3 N–H and O–H groups in total. The fourth-order valence-electron chi connectivity index (χ4n) is 5.53. The second kappa shape index (κ2) is 11.5. The number of amides is 3. The predicted molar refractivity (Wildman–Crippen MR) is 148 cm³/mol. The molecule has 3 aliphatic rings. The lowest BCUT2D eigenvalue weighted by Crippen LogP contribution is -2.68. The normalized spacial score (nSPS) is 23.3. The lowest BCUT2D eigenvalue weighted by molar-refractivity contribution is -0.164. The van der Waals surface area contributed by atoms with Gasteiger partial charge in [0, 0.05) is 5.56 Å². The van der Waals surface area contributed by atoms with E-state index in [0.29, 0.717) is 22.1 Å². The molecule has 0 bridgehead atoms. The number of para-hydroxylation sites is 1. The summed E-state index contributed by atoms with van der Waals surface area (Å²) < 4.78 is 17.9. The molecular weight excluding hydrogens is 536 g/mol. The van der Waals surface area contributed by atoms with Crippen molar-refractivity contribution in [2.45, 2.75) is 63.0 Å². The molecule has 3 aliphatic heterocycles. The van der Waals surface area contributed by atoms with Crippen LogP contribution in [0.2, 0.25) is 0 Å². The van der Waals surface area contributed by atoms with Crippen molar-refractivity contribution < 1.29 is 33.7 Å². The Bertz CT molecular complexity index is 1260. The van der Waals surface area contributed by atoms with Crippen molar-refractivity contribution in [2.24, 2.45) is 5.92 Å². The highest BCUT2D eigenvalue weighted by molar-refractivity contribution is 8.09. The summed E-state index contributed by atoms with van der Waals surface area (Å²) in [6.45, 7) is 6.54. The molecule has 3 unspecified atom stereocenters. The number of aromatic nitrogens is 1. The summed E-state index contributed by atoms with van der Waals surface area (Å²) >= 11 is 1.35. The number of ether oxygens (including phenoxy) is 2. The summed E-state index contributed by atoms with van der Waals surface area (Å²) in [7, 11) is 1.59. The fourth-order valence-corrected chi connectivity index (χ4v) is 7.05. The van der Waals surface area contributed by atoms with Crippen molar-refractivity contribution in [3.05, 3.63) is 53.8 Å². The first-order valence-corrected chi connectivity index (χ1v) is 14.3. The topological polar surface area (TPSA) is 138 Å². The molecule has 1 aromatic carbocycles. The van der Waals surface area contributed by atoms with Crippen LogP contribution < -0.4 is 10.1 Å². The Hall–Kier alpha value is -2.90. The number of oxazole rings is 1. The molecule has 0 saturated carbocycles. The van der Waals surface area contributed by atoms with Gasteiger partial charge in [-0.05, 0) is 58.3 Å². The molecule has 2 saturated heterocycles. The van der Waals surface area contributed by atoms with E-state index in [1.165, 1.54) is 38.1 Å². The molecule has 3 atom stereocenters. The molecule has 11 nitrogen and oxygen atoms in total. The van der Waals surface area contributed by atoms with Crippen LogP contribution in [0.4, 0.5) is 4.79 Å². The molecule has 0 radical (unpaired) electrons. The fraction of sp³-hybridized carbons (Fsp3) is 0.536. The average molecular weight is 573 g/mol. The number of aliphatic hydroxyl groups is 2. The number of hydrogen-bond acceptors (Lipinski definition) is 10. The van der Waals surface area contributed by atoms with Crippen LogP contribution in [0.25, 0.3) is 4.91 Å². The van der Waals surface area contributed by atoms with E-state index in [9.17, 15) is 19.8 Å². The zero-order chi connectivity index (χ0) is 28.6. The third-order valence-corrected chi connectivity index (χ3v) is 9.41. The average Bonchev–Trinajstić information content (AvgIpc) is 3.59. The Morgan fingerprint density at radius 3 is 2.60 bits per heavy atom. The molecule has 0 spiro atoms. The van der Waals surface area contributed by atoms with Crippen LogP contribution in [0.3, 0.4) is 0 Å². The van der Waals surface area contributed by atoms with Gasteiger partial charge in [0.15, 0.2) is 6.29 Å². The van der Waals surface area contributed by atoms with Crippen LogP contribution in [0.15, 0.2) is 46.7 Å². The number of methoxy groups -OCH3 is 1. The van der Waals surface area contributed by atoms with Crippen LogP contribution in [0, 0.1) is 5.92 Å². The maximum atomic E-state index is 14.2. The van der Waals surface area contributed by atoms with Crippen LogP contribution in [0.1, 0.15) is 51.2 Å². The number of carbonyl (C=O) groups excluding carboxylic acids is 2. The second-order valence-electron chi connectivity index (χ2n) is 10.8. The minimum atomic E-state index is -1.95. The van der Waals surface area contributed by atoms with Crippen molar-refractivity contribution in [3.63, 3.8) is 0 Å². The quantitative estimate of drug-likeness (QED) is 0.385. The largest absolute Gasteiger partial charge is 0.496 e. The molecule has 216 valence electrons. The van der Waals surface area contributed by atoms with Gasteiger partial charge in [0.25, 0.3) is 0 Å². The molecule has 0 aliphatic carbocycles. The third-order valence-electron chi connectivity index (χ3n) is 7.90. The first-order valence-electron chi connectivity index (χ1n) is 13.4. The van der Waals surface area contributed by atoms with Gasteiger partial charge in [0.2, 0.25) is 11.8 Å². The number of thioether (sulfide) groups is 1. The Balaban J connectivity index is 1.56. The molecule has 12 heteroatoms. The van der Waals surface area contributed by atoms with E-state index in [2.05, 4.69) is 10.3 Å². The van der Waals surface area contributed by atoms with E-state index in [4.69, 9.17) is 13.9 Å². The molecule has 5 rings (SSSR count). The lowest BCUT2D eigenvalue weighted by Gasteiger charge is -2.49. The van der Waals surface area contributed by atoms with Crippen molar-refractivity contribution in [1.29, 1.82) is 0 Å². The highest BCUT2D eigenvalue weighted by Crippen LogP contribution is 2.52. The third kappa shape index (κ3) is 5.14. The van der Waals surface area contributed by atoms with Gasteiger partial charge >= 0.3 is 6.03 Å². The standard InChI is InChI=1S/C28H36N4O7S/c1-16-21-24(33)32(28(2,3)26(34)35)27(36)31(25(21)40-22(16)23-30-13-14-38-23)15-20(39-17-9-11-29-12-10-17)18-7-5-6-8-19(18)37-4/h5-8,13-14,17,20-21,25-26,29,34-35H,9-12,15H2,1-4H3. The minimum absolute atomic E-state index is 0.0285. The number of urea groups is 1. The van der Waals surface area contributed by atoms with Crippen molar-refractivity contribution in [2.75, 3.05) is 26.7 Å². The van der Waals surface area contributed by atoms with Gasteiger partial charge in [-0.25, -0.2) is 9.78 Å². The van der Waals surface area contributed by atoms with Gasteiger partial charge in [-0.15, -0.1) is 0 Å². The monoisotopic (exact) mass is 572 g/mol. The first kappa shape index (κ1) is 28.6. The number of imide groups is 1. The van der Waals surface area contributed by atoms with Crippen molar-refractivity contribution in [1.82, 2.24) is 20.1 Å². The Kier molecular flexibility index (Phi) is 8.25. The van der Waals surface area contributed by atoms with E-state index in [-0.39, 0.29) is 12.6 Å². The summed E-state index contributed by atoms with van der Waals surface area (Å²) in [5.41, 5.74) is -0.0798. The minimum Gasteiger partial charge on any atom is -0.496 e. The number of piperidine rings is 1. The van der Waals surface area contributed by atoms with E-state index < -0.39 is 41.2 Å². The first-order chi connectivity index (χ1) is 19.1. The van der Waals surface area contributed by atoms with Gasteiger partial charge in [0.05, 0.1) is 47.7 Å². The Morgan fingerprint density at radius 1 is 1.23 bits per heavy atom. The van der Waals surface area contributed by atoms with E-state index in [1.807, 2.05) is 31.2 Å². The number of hydrogen-bond donors (Lipinski definition) is 3. The SMILES string of the molecule is COc1ccccc1C(CN1C(=O)N(C(C)(C)C(O)O)C(=O)C2C(C)=C(c3ncco3)SC21)OC1CCNCC1. The Labute approximate surface area is 237 Å². The van der Waals surface area contributed by atoms with Crippen LogP contribution >= 0.6 is 11.8 Å². The number of aliphatic hydroxyl groups excluding tert-OH is 1. The lowest BCUT2D eigenvalue weighted by atomic mass is 9.91. The number of rotatable bonds is 9. The number of fused-ring (bicyclic) bond motifs is 1. The second-order valence-corrected chi connectivity index (χ2v) is 11.9. The van der Waals surface area contributed by atoms with E-state index in [1.54, 1.807) is 12.0 Å². The smallest absolute Gasteiger partial charge is 0.328 e. The molecule has 40 heavy (non-hydrogen) atoms. The van der Waals surface area contributed by atoms with Gasteiger partial charge in [-0.1, -0.05) is 30.0 Å². The molecule has 4 heterocycles. The number of carbonyl (C=O) groups is 2. The molecule has 3 amide bonds. The zero-order valence-electron chi connectivity index (χ0n) is 23.1. The van der Waals surface area contributed by atoms with Crippen molar-refractivity contribution >= 4 is 28.6 Å². The van der Waals surface area contributed by atoms with Crippen LogP contribution in [-0.2, 0) is 9.53 Å². The van der Waals surface area contributed by atoms with Gasteiger partial charge < -0.3 is 34.3 Å². The Morgan fingerprint density at radius 2 is 1.95 bits per heavy atom.